The Balaban J connectivity index is 1.57. The second-order valence-electron chi connectivity index (χ2n) is 7.78. The molecule has 0 unspecified atom stereocenters. The van der Waals surface area contributed by atoms with E-state index in [0.717, 1.165) is 11.1 Å². The Hall–Kier alpha value is -2.28. The Bertz CT molecular complexity index is 1020. The van der Waals surface area contributed by atoms with Crippen LogP contribution in [-0.2, 0) is 13.0 Å². The number of aliphatic hydroxyl groups is 2. The van der Waals surface area contributed by atoms with Crippen LogP contribution in [0.25, 0.3) is 0 Å². The minimum atomic E-state index is -0.963. The highest BCUT2D eigenvalue weighted by Crippen LogP contribution is 2.30. The fourth-order valence-electron chi connectivity index (χ4n) is 3.19. The zero-order valence-electron chi connectivity index (χ0n) is 17.6. The molecule has 170 valence electrons. The van der Waals surface area contributed by atoms with Crippen LogP contribution in [0.3, 0.4) is 0 Å². The third kappa shape index (κ3) is 7.12. The van der Waals surface area contributed by atoms with Crippen molar-refractivity contribution in [1.29, 1.82) is 0 Å². The van der Waals surface area contributed by atoms with E-state index in [1.165, 1.54) is 0 Å². The molecule has 0 aliphatic carbocycles. The van der Waals surface area contributed by atoms with Gasteiger partial charge in [0.15, 0.2) is 0 Å². The van der Waals surface area contributed by atoms with Crippen molar-refractivity contribution in [3.8, 4) is 17.2 Å². The second-order valence-corrected chi connectivity index (χ2v) is 8.62. The maximum Gasteiger partial charge on any atom is 0.131 e. The van der Waals surface area contributed by atoms with Crippen LogP contribution in [0.15, 0.2) is 66.7 Å². The SMILES string of the molecule is NC(CO)(CO)CCCc1ccc(Oc2cccc(OCc3cccc(Cl)c3)c2)cc1Cl. The Morgan fingerprint density at radius 1 is 0.844 bits per heavy atom. The maximum absolute atomic E-state index is 9.29. The quantitative estimate of drug-likeness (QED) is 0.347. The minimum absolute atomic E-state index is 0.258. The molecule has 3 aromatic rings. The van der Waals surface area contributed by atoms with Crippen molar-refractivity contribution < 1.29 is 19.7 Å². The van der Waals surface area contributed by atoms with E-state index in [0.29, 0.717) is 53.2 Å². The summed E-state index contributed by atoms with van der Waals surface area (Å²) in [4.78, 5) is 0. The van der Waals surface area contributed by atoms with Gasteiger partial charge in [-0.15, -0.1) is 0 Å². The second kappa shape index (κ2) is 11.5. The average molecular weight is 476 g/mol. The molecule has 0 aromatic heterocycles. The zero-order valence-corrected chi connectivity index (χ0v) is 19.1. The van der Waals surface area contributed by atoms with Crippen LogP contribution in [0.1, 0.15) is 24.0 Å². The van der Waals surface area contributed by atoms with Gasteiger partial charge in [-0.25, -0.2) is 0 Å². The summed E-state index contributed by atoms with van der Waals surface area (Å²) in [5.74, 6) is 1.93. The maximum atomic E-state index is 9.29. The number of halogens is 2. The van der Waals surface area contributed by atoms with Gasteiger partial charge in [-0.3, -0.25) is 0 Å². The lowest BCUT2D eigenvalue weighted by Crippen LogP contribution is -2.47. The predicted molar refractivity (Wildman–Crippen MR) is 128 cm³/mol. The molecule has 0 atom stereocenters. The van der Waals surface area contributed by atoms with Gasteiger partial charge in [0.2, 0.25) is 0 Å². The summed E-state index contributed by atoms with van der Waals surface area (Å²) in [6.45, 7) is -0.112. The van der Waals surface area contributed by atoms with Crippen LogP contribution in [0.5, 0.6) is 17.2 Å². The summed E-state index contributed by atoms with van der Waals surface area (Å²) in [6, 6.07) is 20.5. The standard InChI is InChI=1S/C25H27Cl2NO4/c26-20-6-1-4-18(12-20)15-31-21-7-2-8-22(13-21)32-23-10-9-19(24(27)14-23)5-3-11-25(28,16-29)17-30/h1-2,4,6-10,12-14,29-30H,3,5,11,15-17,28H2. The summed E-state index contributed by atoms with van der Waals surface area (Å²) in [6.07, 6.45) is 1.88. The van der Waals surface area contributed by atoms with Crippen LogP contribution in [0.4, 0.5) is 0 Å². The average Bonchev–Trinajstić information content (AvgIpc) is 2.79. The predicted octanol–water partition coefficient (Wildman–Crippen LogP) is 5.37. The van der Waals surface area contributed by atoms with E-state index in [4.69, 9.17) is 38.4 Å². The van der Waals surface area contributed by atoms with E-state index in [-0.39, 0.29) is 13.2 Å². The van der Waals surface area contributed by atoms with Crippen molar-refractivity contribution in [2.75, 3.05) is 13.2 Å². The molecule has 7 heteroatoms. The van der Waals surface area contributed by atoms with E-state index in [2.05, 4.69) is 0 Å². The molecule has 0 aliphatic heterocycles. The van der Waals surface area contributed by atoms with Gasteiger partial charge in [0.05, 0.1) is 18.8 Å². The van der Waals surface area contributed by atoms with E-state index >= 15 is 0 Å². The third-order valence-electron chi connectivity index (χ3n) is 5.11. The molecule has 0 radical (unpaired) electrons. The Morgan fingerprint density at radius 2 is 1.56 bits per heavy atom. The number of nitrogens with two attached hydrogens (primary N) is 1. The zero-order chi connectivity index (χ0) is 23.0. The molecule has 0 heterocycles. The first kappa shape index (κ1) is 24.4. The fourth-order valence-corrected chi connectivity index (χ4v) is 3.67. The van der Waals surface area contributed by atoms with Crippen molar-refractivity contribution in [3.05, 3.63) is 87.9 Å². The number of aliphatic hydroxyl groups excluding tert-OH is 2. The molecule has 0 saturated heterocycles. The van der Waals surface area contributed by atoms with Gasteiger partial charge >= 0.3 is 0 Å². The molecule has 0 aliphatic rings. The molecule has 0 amide bonds. The smallest absolute Gasteiger partial charge is 0.131 e. The molecule has 5 nitrogen and oxygen atoms in total. The fraction of sp³-hybridized carbons (Fsp3) is 0.280. The number of ether oxygens (including phenoxy) is 2. The third-order valence-corrected chi connectivity index (χ3v) is 5.70. The number of hydrogen-bond acceptors (Lipinski definition) is 5. The highest BCUT2D eigenvalue weighted by Gasteiger charge is 2.22. The first-order chi connectivity index (χ1) is 15.4. The van der Waals surface area contributed by atoms with E-state index in [9.17, 15) is 10.2 Å². The molecule has 0 fully saturated rings. The van der Waals surface area contributed by atoms with Gasteiger partial charge in [0, 0.05) is 16.1 Å². The molecule has 0 saturated carbocycles. The highest BCUT2D eigenvalue weighted by molar-refractivity contribution is 6.31. The summed E-state index contributed by atoms with van der Waals surface area (Å²) in [5.41, 5.74) is 6.89. The molecule has 3 aromatic carbocycles. The lowest BCUT2D eigenvalue weighted by molar-refractivity contribution is 0.113. The molecular weight excluding hydrogens is 449 g/mol. The number of hydrogen-bond donors (Lipinski definition) is 3. The van der Waals surface area contributed by atoms with Crippen molar-refractivity contribution in [1.82, 2.24) is 0 Å². The van der Waals surface area contributed by atoms with Crippen LogP contribution in [0, 0.1) is 0 Å². The summed E-state index contributed by atoms with van der Waals surface area (Å²) < 4.78 is 11.8. The lowest BCUT2D eigenvalue weighted by atomic mass is 9.94. The minimum Gasteiger partial charge on any atom is -0.489 e. The Kier molecular flexibility index (Phi) is 8.79. The number of benzene rings is 3. The van der Waals surface area contributed by atoms with Gasteiger partial charge in [0.25, 0.3) is 0 Å². The summed E-state index contributed by atoms with van der Waals surface area (Å²) in [7, 11) is 0. The van der Waals surface area contributed by atoms with Crippen molar-refractivity contribution in [3.63, 3.8) is 0 Å². The van der Waals surface area contributed by atoms with E-state index in [1.807, 2.05) is 60.7 Å². The normalized spacial score (nSPS) is 11.4. The Labute approximate surface area is 198 Å². The first-order valence-corrected chi connectivity index (χ1v) is 11.1. The number of rotatable bonds is 11. The van der Waals surface area contributed by atoms with Crippen LogP contribution in [0.2, 0.25) is 10.0 Å². The number of aryl methyl sites for hydroxylation is 1. The first-order valence-electron chi connectivity index (χ1n) is 10.3. The lowest BCUT2D eigenvalue weighted by Gasteiger charge is -2.24. The molecule has 0 bridgehead atoms. The largest absolute Gasteiger partial charge is 0.489 e. The molecule has 4 N–H and O–H groups in total. The molecule has 0 spiro atoms. The Morgan fingerprint density at radius 3 is 2.28 bits per heavy atom. The monoisotopic (exact) mass is 475 g/mol. The molecule has 32 heavy (non-hydrogen) atoms. The highest BCUT2D eigenvalue weighted by atomic mass is 35.5. The van der Waals surface area contributed by atoms with E-state index in [1.54, 1.807) is 6.07 Å². The van der Waals surface area contributed by atoms with Gasteiger partial charge in [0.1, 0.15) is 23.9 Å². The van der Waals surface area contributed by atoms with Crippen molar-refractivity contribution >= 4 is 23.2 Å². The van der Waals surface area contributed by atoms with Crippen LogP contribution >= 0.6 is 23.2 Å². The summed E-state index contributed by atoms with van der Waals surface area (Å²) in [5, 5.41) is 19.9. The van der Waals surface area contributed by atoms with Gasteiger partial charge in [-0.2, -0.15) is 0 Å². The van der Waals surface area contributed by atoms with Gasteiger partial charge in [-0.1, -0.05) is 47.5 Å². The van der Waals surface area contributed by atoms with Crippen molar-refractivity contribution in [2.24, 2.45) is 5.73 Å². The van der Waals surface area contributed by atoms with Crippen molar-refractivity contribution in [2.45, 2.75) is 31.4 Å². The molecule has 3 rings (SSSR count). The molecular formula is C25H27Cl2NO4. The van der Waals surface area contributed by atoms with Gasteiger partial charge in [-0.05, 0) is 66.8 Å². The van der Waals surface area contributed by atoms with Crippen LogP contribution in [-0.4, -0.2) is 29.0 Å². The summed E-state index contributed by atoms with van der Waals surface area (Å²) >= 11 is 12.4. The topological polar surface area (TPSA) is 84.9 Å². The van der Waals surface area contributed by atoms with Gasteiger partial charge < -0.3 is 25.4 Å². The van der Waals surface area contributed by atoms with E-state index < -0.39 is 5.54 Å². The van der Waals surface area contributed by atoms with Crippen LogP contribution < -0.4 is 15.2 Å².